The van der Waals surface area contributed by atoms with E-state index >= 15 is 0 Å². The van der Waals surface area contributed by atoms with Crippen molar-refractivity contribution in [2.45, 2.75) is 25.0 Å². The van der Waals surface area contributed by atoms with E-state index in [0.29, 0.717) is 37.9 Å². The highest BCUT2D eigenvalue weighted by Gasteiger charge is 2.35. The molecule has 0 atom stereocenters. The van der Waals surface area contributed by atoms with Gasteiger partial charge in [0.05, 0.1) is 37.6 Å². The molecule has 0 amide bonds. The predicted octanol–water partition coefficient (Wildman–Crippen LogP) is 4.47. The van der Waals surface area contributed by atoms with Crippen molar-refractivity contribution in [1.29, 1.82) is 5.41 Å². The Kier molecular flexibility index (Phi) is 11.3. The number of carbonyl (C=O) groups excluding carboxylic acids is 3. The first-order valence-electron chi connectivity index (χ1n) is 15.0. The molecule has 0 saturated carbocycles. The minimum atomic E-state index is -0.735. The lowest BCUT2D eigenvalue weighted by Gasteiger charge is -2.37. The Morgan fingerprint density at radius 2 is 1.29 bits per heavy atom. The Bertz CT molecular complexity index is 1680. The maximum atomic E-state index is 13.2. The van der Waals surface area contributed by atoms with Crippen molar-refractivity contribution in [3.63, 3.8) is 0 Å². The lowest BCUT2D eigenvalue weighted by molar-refractivity contribution is -0.225. The first-order chi connectivity index (χ1) is 23.6. The van der Waals surface area contributed by atoms with Gasteiger partial charge in [0.1, 0.15) is 28.5 Å². The summed E-state index contributed by atoms with van der Waals surface area (Å²) >= 11 is 0. The highest BCUT2D eigenvalue weighted by molar-refractivity contribution is 5.94. The number of rotatable bonds is 17. The number of hydrogen-bond donors (Lipinski definition) is 1. The van der Waals surface area contributed by atoms with Crippen LogP contribution in [0.2, 0.25) is 0 Å². The smallest absolute Gasteiger partial charge is 0.343 e. The minimum Gasteiger partial charge on any atom is -0.464 e. The SMILES string of the molecule is C=CC(=O)OCOc1ccc(C(=O)Oc2ccc(OC(=O)c3ccc(OCOC4(C)COC4)c(OCOC4(C)COC4)c3)c(C=N)c2)cc1. The molecule has 5 rings (SSSR count). The van der Waals surface area contributed by atoms with Crippen molar-refractivity contribution in [3.05, 3.63) is 90.0 Å². The van der Waals surface area contributed by atoms with Gasteiger partial charge in [0.2, 0.25) is 6.79 Å². The molecule has 0 unspecified atom stereocenters. The molecular formula is C35H35NO13. The summed E-state index contributed by atoms with van der Waals surface area (Å²) in [4.78, 5) is 37.0. The average molecular weight is 678 g/mol. The number of hydrogen-bond acceptors (Lipinski definition) is 14. The summed E-state index contributed by atoms with van der Waals surface area (Å²) < 4.78 is 54.7. The molecule has 3 aromatic rings. The van der Waals surface area contributed by atoms with Crippen LogP contribution >= 0.6 is 0 Å². The standard InChI is InChI=1S/C35H35NO13/c1-4-31(37)45-20-42-26-8-5-23(6-9-26)32(38)48-27-10-12-28(25(13-27)15-36)49-33(39)24-7-11-29(43-21-46-34(2)16-40-17-34)30(14-24)44-22-47-35(3)18-41-19-35/h4-15,36H,1,16-22H2,2-3H3. The summed E-state index contributed by atoms with van der Waals surface area (Å²) in [6.45, 7) is 8.40. The zero-order valence-corrected chi connectivity index (χ0v) is 26.9. The van der Waals surface area contributed by atoms with E-state index in [1.807, 2.05) is 13.8 Å². The molecule has 2 heterocycles. The van der Waals surface area contributed by atoms with Crippen LogP contribution in [0.15, 0.2) is 73.3 Å². The van der Waals surface area contributed by atoms with E-state index < -0.39 is 29.1 Å². The van der Waals surface area contributed by atoms with Gasteiger partial charge < -0.3 is 52.8 Å². The first kappa shape index (κ1) is 35.0. The molecule has 2 aliphatic heterocycles. The van der Waals surface area contributed by atoms with Gasteiger partial charge in [-0.3, -0.25) is 0 Å². The third-order valence-electron chi connectivity index (χ3n) is 7.29. The van der Waals surface area contributed by atoms with Crippen LogP contribution < -0.4 is 23.7 Å². The van der Waals surface area contributed by atoms with Crippen LogP contribution in [-0.4, -0.2) is 82.1 Å². The van der Waals surface area contributed by atoms with Gasteiger partial charge in [-0.05, 0) is 74.5 Å². The quantitative estimate of drug-likeness (QED) is 0.0699. The molecule has 2 saturated heterocycles. The Morgan fingerprint density at radius 3 is 1.88 bits per heavy atom. The Morgan fingerprint density at radius 1 is 0.714 bits per heavy atom. The molecule has 14 nitrogen and oxygen atoms in total. The van der Waals surface area contributed by atoms with E-state index in [4.69, 9.17) is 52.8 Å². The zero-order chi connectivity index (χ0) is 34.9. The lowest BCUT2D eigenvalue weighted by atomic mass is 10.1. The van der Waals surface area contributed by atoms with Crippen LogP contribution in [0.3, 0.4) is 0 Å². The van der Waals surface area contributed by atoms with E-state index in [9.17, 15) is 14.4 Å². The second-order valence-electron chi connectivity index (χ2n) is 11.4. The molecule has 2 fully saturated rings. The average Bonchev–Trinajstić information content (AvgIpc) is 3.08. The molecule has 0 radical (unpaired) electrons. The number of esters is 3. The normalized spacial score (nSPS) is 15.4. The molecule has 0 aromatic heterocycles. The molecule has 3 aromatic carbocycles. The molecule has 0 aliphatic carbocycles. The predicted molar refractivity (Wildman–Crippen MR) is 171 cm³/mol. The van der Waals surface area contributed by atoms with E-state index in [0.717, 1.165) is 12.3 Å². The highest BCUT2D eigenvalue weighted by atomic mass is 16.7. The van der Waals surface area contributed by atoms with Crippen molar-refractivity contribution in [3.8, 4) is 28.7 Å². The van der Waals surface area contributed by atoms with E-state index in [1.54, 1.807) is 6.07 Å². The van der Waals surface area contributed by atoms with Crippen molar-refractivity contribution in [2.75, 3.05) is 46.8 Å². The molecule has 14 heteroatoms. The van der Waals surface area contributed by atoms with E-state index in [2.05, 4.69) is 6.58 Å². The summed E-state index contributed by atoms with van der Waals surface area (Å²) in [5.74, 6) is -0.954. The fourth-order valence-corrected chi connectivity index (χ4v) is 4.31. The second kappa shape index (κ2) is 15.7. The summed E-state index contributed by atoms with van der Waals surface area (Å²) in [6, 6.07) is 14.7. The minimum absolute atomic E-state index is 0.0619. The Labute approximate surface area is 281 Å². The van der Waals surface area contributed by atoms with Crippen molar-refractivity contribution in [2.24, 2.45) is 0 Å². The summed E-state index contributed by atoms with van der Waals surface area (Å²) in [5.41, 5.74) is -0.361. The fourth-order valence-electron chi connectivity index (χ4n) is 4.31. The molecule has 49 heavy (non-hydrogen) atoms. The fraction of sp³-hybridized carbons (Fsp3) is 0.314. The summed E-state index contributed by atoms with van der Waals surface area (Å²) in [5, 5.41) is 7.84. The number of nitrogens with one attached hydrogen (secondary N) is 1. The third kappa shape index (κ3) is 9.42. The van der Waals surface area contributed by atoms with Crippen molar-refractivity contribution >= 4 is 24.1 Å². The molecule has 2 aliphatic rings. The highest BCUT2D eigenvalue weighted by Crippen LogP contribution is 2.32. The zero-order valence-electron chi connectivity index (χ0n) is 26.9. The van der Waals surface area contributed by atoms with Gasteiger partial charge in [-0.25, -0.2) is 14.4 Å². The first-order valence-corrected chi connectivity index (χ1v) is 15.0. The van der Waals surface area contributed by atoms with Crippen LogP contribution in [-0.2, 0) is 28.5 Å². The van der Waals surface area contributed by atoms with Gasteiger partial charge in [-0.1, -0.05) is 6.58 Å². The van der Waals surface area contributed by atoms with Gasteiger partial charge in [0, 0.05) is 17.9 Å². The number of carbonyl (C=O) groups is 3. The van der Waals surface area contributed by atoms with E-state index in [-0.39, 0.29) is 54.3 Å². The van der Waals surface area contributed by atoms with Crippen LogP contribution in [0, 0.1) is 5.41 Å². The van der Waals surface area contributed by atoms with Crippen LogP contribution in [0.25, 0.3) is 0 Å². The third-order valence-corrected chi connectivity index (χ3v) is 7.29. The van der Waals surface area contributed by atoms with Gasteiger partial charge >= 0.3 is 17.9 Å². The molecule has 0 spiro atoms. The number of benzene rings is 3. The Balaban J connectivity index is 1.21. The van der Waals surface area contributed by atoms with E-state index in [1.165, 1.54) is 54.6 Å². The van der Waals surface area contributed by atoms with Gasteiger partial charge in [0.25, 0.3) is 0 Å². The summed E-state index contributed by atoms with van der Waals surface area (Å²) in [6.07, 6.45) is 1.98. The topological polar surface area (TPSA) is 167 Å². The largest absolute Gasteiger partial charge is 0.464 e. The van der Waals surface area contributed by atoms with Gasteiger partial charge in [-0.15, -0.1) is 0 Å². The van der Waals surface area contributed by atoms with Gasteiger partial charge in [0.15, 0.2) is 25.1 Å². The second-order valence-corrected chi connectivity index (χ2v) is 11.4. The van der Waals surface area contributed by atoms with Crippen LogP contribution in [0.1, 0.15) is 40.1 Å². The molecular weight excluding hydrogens is 642 g/mol. The monoisotopic (exact) mass is 677 g/mol. The molecule has 258 valence electrons. The molecule has 1 N–H and O–H groups in total. The Hall–Kier alpha value is -5.28. The van der Waals surface area contributed by atoms with Crippen LogP contribution in [0.4, 0.5) is 0 Å². The van der Waals surface area contributed by atoms with Crippen molar-refractivity contribution in [1.82, 2.24) is 0 Å². The van der Waals surface area contributed by atoms with Crippen LogP contribution in [0.5, 0.6) is 28.7 Å². The van der Waals surface area contributed by atoms with Gasteiger partial charge in [-0.2, -0.15) is 0 Å². The van der Waals surface area contributed by atoms with Crippen molar-refractivity contribution < 1.29 is 61.8 Å². The number of ether oxygens (including phenoxy) is 10. The molecule has 0 bridgehead atoms. The maximum Gasteiger partial charge on any atom is 0.343 e. The summed E-state index contributed by atoms with van der Waals surface area (Å²) in [7, 11) is 0. The lowest BCUT2D eigenvalue weighted by Crippen LogP contribution is -2.49. The maximum absolute atomic E-state index is 13.2.